The minimum atomic E-state index is 0.418. The highest BCUT2D eigenvalue weighted by Gasteiger charge is 2.11. The molecule has 0 fully saturated rings. The van der Waals surface area contributed by atoms with Crippen LogP contribution in [0.1, 0.15) is 11.5 Å². The van der Waals surface area contributed by atoms with Gasteiger partial charge in [0.15, 0.2) is 0 Å². The van der Waals surface area contributed by atoms with Gasteiger partial charge in [0.1, 0.15) is 23.1 Å². The highest BCUT2D eigenvalue weighted by atomic mass is 16.5. The monoisotopic (exact) mass is 362 g/mol. The summed E-state index contributed by atoms with van der Waals surface area (Å²) in [5, 5.41) is 7.25. The molecule has 0 saturated heterocycles. The van der Waals surface area contributed by atoms with Crippen molar-refractivity contribution in [3.63, 3.8) is 0 Å². The van der Waals surface area contributed by atoms with Crippen molar-refractivity contribution in [1.82, 2.24) is 15.1 Å². The summed E-state index contributed by atoms with van der Waals surface area (Å²) in [5.74, 6) is 4.20. The molecule has 3 aromatic heterocycles. The van der Waals surface area contributed by atoms with Crippen LogP contribution < -0.4 is 10.1 Å². The van der Waals surface area contributed by atoms with Crippen molar-refractivity contribution in [3.05, 3.63) is 66.2 Å². The number of aryl methyl sites for hydroxylation is 1. The van der Waals surface area contributed by atoms with Crippen LogP contribution in [0.3, 0.4) is 0 Å². The van der Waals surface area contributed by atoms with Gasteiger partial charge in [0.05, 0.1) is 19.2 Å². The first-order valence-electron chi connectivity index (χ1n) is 8.45. The van der Waals surface area contributed by atoms with E-state index in [9.17, 15) is 0 Å². The number of benzene rings is 1. The fourth-order valence-corrected chi connectivity index (χ4v) is 2.58. The quantitative estimate of drug-likeness (QED) is 0.546. The second-order valence-electron chi connectivity index (χ2n) is 5.95. The minimum Gasteiger partial charge on any atom is -0.497 e. The molecule has 4 rings (SSSR count). The normalized spacial score (nSPS) is 10.7. The predicted molar refractivity (Wildman–Crippen MR) is 100 cm³/mol. The Balaban J connectivity index is 1.45. The average Bonchev–Trinajstić information content (AvgIpc) is 3.36. The number of nitrogens with one attached hydrogen (secondary N) is 1. The molecule has 0 aliphatic carbocycles. The molecule has 3 heterocycles. The number of pyridine rings is 1. The molecule has 7 nitrogen and oxygen atoms in total. The molecular formula is C20H18N4O3. The zero-order valence-electron chi connectivity index (χ0n) is 15.0. The van der Waals surface area contributed by atoms with Crippen LogP contribution in [0.15, 0.2) is 63.7 Å². The van der Waals surface area contributed by atoms with Gasteiger partial charge >= 0.3 is 0 Å². The van der Waals surface area contributed by atoms with Crippen LogP contribution in [0, 0.1) is 6.92 Å². The fraction of sp³-hybridized carbons (Fsp3) is 0.150. The van der Waals surface area contributed by atoms with E-state index in [1.807, 2.05) is 55.5 Å². The number of furan rings is 1. The number of anilines is 1. The lowest BCUT2D eigenvalue weighted by Crippen LogP contribution is -2.00. The summed E-state index contributed by atoms with van der Waals surface area (Å²) in [7, 11) is 1.63. The third kappa shape index (κ3) is 3.82. The Bertz CT molecular complexity index is 1020. The van der Waals surface area contributed by atoms with Crippen LogP contribution in [0.2, 0.25) is 0 Å². The van der Waals surface area contributed by atoms with E-state index in [1.54, 1.807) is 13.3 Å². The van der Waals surface area contributed by atoms with Crippen molar-refractivity contribution >= 4 is 5.82 Å². The van der Waals surface area contributed by atoms with Gasteiger partial charge in [-0.2, -0.15) is 4.98 Å². The molecule has 0 amide bonds. The number of rotatable bonds is 6. The molecule has 0 aliphatic rings. The van der Waals surface area contributed by atoms with Crippen molar-refractivity contribution in [2.75, 3.05) is 12.4 Å². The molecule has 1 N–H and O–H groups in total. The lowest BCUT2D eigenvalue weighted by atomic mass is 10.2. The number of ether oxygens (including phenoxy) is 1. The van der Waals surface area contributed by atoms with Gasteiger partial charge in [0, 0.05) is 11.8 Å². The van der Waals surface area contributed by atoms with Crippen molar-refractivity contribution in [3.8, 4) is 28.6 Å². The molecule has 0 aliphatic heterocycles. The Kier molecular flexibility index (Phi) is 4.57. The molecule has 0 spiro atoms. The smallest absolute Gasteiger partial charge is 0.259 e. The summed E-state index contributed by atoms with van der Waals surface area (Å²) in [5.41, 5.74) is 1.60. The minimum absolute atomic E-state index is 0.418. The lowest BCUT2D eigenvalue weighted by molar-refractivity contribution is 0.415. The standard InChI is InChI=1S/C20H18N4O3/c1-13-3-7-17(26-13)12-22-18-10-6-15(11-21-18)20-23-19(24-27-20)14-4-8-16(25-2)9-5-14/h3-11H,12H2,1-2H3,(H,21,22). The average molecular weight is 362 g/mol. The number of hydrogen-bond donors (Lipinski definition) is 1. The van der Waals surface area contributed by atoms with Crippen LogP contribution in [-0.4, -0.2) is 22.2 Å². The van der Waals surface area contributed by atoms with Crippen LogP contribution in [0.25, 0.3) is 22.8 Å². The van der Waals surface area contributed by atoms with Gasteiger partial charge in [-0.3, -0.25) is 0 Å². The zero-order valence-corrected chi connectivity index (χ0v) is 15.0. The maximum atomic E-state index is 5.53. The van der Waals surface area contributed by atoms with Gasteiger partial charge in [0.2, 0.25) is 5.82 Å². The highest BCUT2D eigenvalue weighted by Crippen LogP contribution is 2.24. The maximum Gasteiger partial charge on any atom is 0.259 e. The van der Waals surface area contributed by atoms with Crippen LogP contribution in [0.5, 0.6) is 5.75 Å². The van der Waals surface area contributed by atoms with E-state index >= 15 is 0 Å². The predicted octanol–water partition coefficient (Wildman–Crippen LogP) is 4.32. The first kappa shape index (κ1) is 16.8. The number of hydrogen-bond acceptors (Lipinski definition) is 7. The Morgan fingerprint density at radius 3 is 2.48 bits per heavy atom. The Morgan fingerprint density at radius 2 is 1.81 bits per heavy atom. The SMILES string of the molecule is COc1ccc(-c2noc(-c3ccc(NCc4ccc(C)o4)nc3)n2)cc1. The number of methoxy groups -OCH3 is 1. The third-order valence-electron chi connectivity index (χ3n) is 4.02. The highest BCUT2D eigenvalue weighted by molar-refractivity contribution is 5.60. The third-order valence-corrected chi connectivity index (χ3v) is 4.02. The molecule has 0 saturated carbocycles. The maximum absolute atomic E-state index is 5.53. The Hall–Kier alpha value is -3.61. The van der Waals surface area contributed by atoms with Gasteiger partial charge in [0.25, 0.3) is 5.89 Å². The van der Waals surface area contributed by atoms with E-state index in [2.05, 4.69) is 20.4 Å². The Morgan fingerprint density at radius 1 is 1.00 bits per heavy atom. The molecular weight excluding hydrogens is 344 g/mol. The van der Waals surface area contributed by atoms with E-state index in [0.29, 0.717) is 18.3 Å². The Labute approximate surface area is 156 Å². The lowest BCUT2D eigenvalue weighted by Gasteiger charge is -2.03. The zero-order chi connectivity index (χ0) is 18.6. The van der Waals surface area contributed by atoms with Crippen LogP contribution in [-0.2, 0) is 6.54 Å². The van der Waals surface area contributed by atoms with E-state index in [0.717, 1.165) is 34.2 Å². The first-order chi connectivity index (χ1) is 13.2. The molecule has 0 radical (unpaired) electrons. The van der Waals surface area contributed by atoms with E-state index < -0.39 is 0 Å². The molecule has 7 heteroatoms. The molecule has 0 atom stereocenters. The van der Waals surface area contributed by atoms with Crippen LogP contribution in [0.4, 0.5) is 5.82 Å². The molecule has 0 bridgehead atoms. The second kappa shape index (κ2) is 7.33. The summed E-state index contributed by atoms with van der Waals surface area (Å²) in [4.78, 5) is 8.82. The second-order valence-corrected chi connectivity index (χ2v) is 5.95. The summed E-state index contributed by atoms with van der Waals surface area (Å²) in [6.45, 7) is 2.49. The number of aromatic nitrogens is 3. The summed E-state index contributed by atoms with van der Waals surface area (Å²) in [6.07, 6.45) is 1.70. The van der Waals surface area contributed by atoms with Crippen molar-refractivity contribution in [2.24, 2.45) is 0 Å². The summed E-state index contributed by atoms with van der Waals surface area (Å²) in [6, 6.07) is 15.1. The van der Waals surface area contributed by atoms with E-state index in [-0.39, 0.29) is 0 Å². The summed E-state index contributed by atoms with van der Waals surface area (Å²) >= 11 is 0. The summed E-state index contributed by atoms with van der Waals surface area (Å²) < 4.78 is 16.0. The van der Waals surface area contributed by atoms with Gasteiger partial charge in [-0.15, -0.1) is 0 Å². The first-order valence-corrected chi connectivity index (χ1v) is 8.45. The fourth-order valence-electron chi connectivity index (χ4n) is 2.58. The van der Waals surface area contributed by atoms with Gasteiger partial charge in [-0.25, -0.2) is 4.98 Å². The van der Waals surface area contributed by atoms with Crippen LogP contribution >= 0.6 is 0 Å². The molecule has 27 heavy (non-hydrogen) atoms. The molecule has 1 aromatic carbocycles. The topological polar surface area (TPSA) is 86.2 Å². The molecule has 4 aromatic rings. The van der Waals surface area contributed by atoms with Gasteiger partial charge < -0.3 is 19.0 Å². The molecule has 136 valence electrons. The van der Waals surface area contributed by atoms with Gasteiger partial charge in [-0.05, 0) is 55.5 Å². The largest absolute Gasteiger partial charge is 0.497 e. The van der Waals surface area contributed by atoms with E-state index in [4.69, 9.17) is 13.7 Å². The van der Waals surface area contributed by atoms with E-state index in [1.165, 1.54) is 0 Å². The van der Waals surface area contributed by atoms with Gasteiger partial charge in [-0.1, -0.05) is 5.16 Å². The number of nitrogens with zero attached hydrogens (tertiary/aromatic N) is 3. The van der Waals surface area contributed by atoms with Crippen molar-refractivity contribution in [1.29, 1.82) is 0 Å². The van der Waals surface area contributed by atoms with Crippen molar-refractivity contribution in [2.45, 2.75) is 13.5 Å². The van der Waals surface area contributed by atoms with Crippen molar-refractivity contribution < 1.29 is 13.7 Å². The molecule has 0 unspecified atom stereocenters.